The number of hydrogen-bond donors (Lipinski definition) is 3. The maximum Gasteiger partial charge on any atom is 0.407 e. The number of carbonyl (C=O) groups is 3. The SMILES string of the molecule is O=C(N[C@@H]1CC[C@H](C(=O)N[C@@H]2C[C@H]3C[C@@]3(C(=O)O)C2)C1)OCC1c2ccccc2-c2ccccc21. The van der Waals surface area contributed by atoms with Crippen LogP contribution < -0.4 is 10.6 Å². The lowest BCUT2D eigenvalue weighted by atomic mass is 9.98. The Hall–Kier alpha value is -3.35. The van der Waals surface area contributed by atoms with E-state index in [0.29, 0.717) is 19.3 Å². The summed E-state index contributed by atoms with van der Waals surface area (Å²) in [7, 11) is 0. The van der Waals surface area contributed by atoms with E-state index < -0.39 is 17.5 Å². The van der Waals surface area contributed by atoms with Gasteiger partial charge < -0.3 is 20.5 Å². The number of amides is 2. The van der Waals surface area contributed by atoms with Crippen molar-refractivity contribution < 1.29 is 24.2 Å². The fourth-order valence-electron chi connectivity index (χ4n) is 6.74. The van der Waals surface area contributed by atoms with Crippen LogP contribution in [0, 0.1) is 17.3 Å². The van der Waals surface area contributed by atoms with Crippen LogP contribution in [0.1, 0.15) is 55.6 Å². The lowest BCUT2D eigenvalue weighted by Crippen LogP contribution is -2.39. The zero-order valence-corrected chi connectivity index (χ0v) is 19.5. The van der Waals surface area contributed by atoms with Crippen LogP contribution in [0.3, 0.4) is 0 Å². The summed E-state index contributed by atoms with van der Waals surface area (Å²) < 4.78 is 5.65. The monoisotopic (exact) mass is 474 g/mol. The summed E-state index contributed by atoms with van der Waals surface area (Å²) in [6.45, 7) is 0.269. The minimum atomic E-state index is -0.729. The lowest BCUT2D eigenvalue weighted by molar-refractivity contribution is -0.144. The van der Waals surface area contributed by atoms with E-state index in [1.807, 2.05) is 24.3 Å². The van der Waals surface area contributed by atoms with Gasteiger partial charge in [0, 0.05) is 23.9 Å². The van der Waals surface area contributed by atoms with Crippen molar-refractivity contribution in [3.63, 3.8) is 0 Å². The largest absolute Gasteiger partial charge is 0.481 e. The first-order valence-electron chi connectivity index (χ1n) is 12.6. The molecule has 0 aromatic heterocycles. The molecule has 3 saturated carbocycles. The average molecular weight is 475 g/mol. The van der Waals surface area contributed by atoms with Gasteiger partial charge >= 0.3 is 12.1 Å². The first-order valence-corrected chi connectivity index (χ1v) is 12.6. The summed E-state index contributed by atoms with van der Waals surface area (Å²) >= 11 is 0. The number of rotatable bonds is 6. The molecule has 7 heteroatoms. The second-order valence-electron chi connectivity index (χ2n) is 10.7. The molecule has 0 radical (unpaired) electrons. The van der Waals surface area contributed by atoms with Crippen molar-refractivity contribution in [2.75, 3.05) is 6.61 Å². The third kappa shape index (κ3) is 3.87. The zero-order chi connectivity index (χ0) is 24.2. The van der Waals surface area contributed by atoms with Gasteiger partial charge in [0.15, 0.2) is 0 Å². The molecule has 2 aromatic rings. The molecule has 3 N–H and O–H groups in total. The number of carboxylic acids is 1. The van der Waals surface area contributed by atoms with Gasteiger partial charge in [-0.15, -0.1) is 0 Å². The van der Waals surface area contributed by atoms with Gasteiger partial charge in [-0.3, -0.25) is 9.59 Å². The van der Waals surface area contributed by atoms with Crippen molar-refractivity contribution >= 4 is 18.0 Å². The van der Waals surface area contributed by atoms with E-state index in [2.05, 4.69) is 34.9 Å². The number of aliphatic carboxylic acids is 1. The summed E-state index contributed by atoms with van der Waals surface area (Å²) in [5.74, 6) is -0.688. The Morgan fingerprint density at radius 2 is 1.57 bits per heavy atom. The molecule has 35 heavy (non-hydrogen) atoms. The van der Waals surface area contributed by atoms with Gasteiger partial charge in [0.25, 0.3) is 0 Å². The Labute approximate surface area is 204 Å². The van der Waals surface area contributed by atoms with Gasteiger partial charge in [-0.05, 0) is 66.7 Å². The molecule has 0 spiro atoms. The normalized spacial score (nSPS) is 30.2. The van der Waals surface area contributed by atoms with Crippen molar-refractivity contribution in [3.05, 3.63) is 59.7 Å². The molecular formula is C28H30N2O5. The smallest absolute Gasteiger partial charge is 0.407 e. The van der Waals surface area contributed by atoms with Crippen molar-refractivity contribution in [2.45, 2.75) is 56.5 Å². The third-order valence-corrected chi connectivity index (χ3v) is 8.65. The number of carbonyl (C=O) groups excluding carboxylic acids is 2. The number of fused-ring (bicyclic) bond motifs is 4. The van der Waals surface area contributed by atoms with E-state index in [9.17, 15) is 19.5 Å². The van der Waals surface area contributed by atoms with Crippen LogP contribution in [0.25, 0.3) is 11.1 Å². The molecule has 3 fully saturated rings. The molecule has 4 aliphatic carbocycles. The summed E-state index contributed by atoms with van der Waals surface area (Å²) in [6, 6.07) is 16.3. The number of alkyl carbamates (subject to hydrolysis) is 1. The summed E-state index contributed by atoms with van der Waals surface area (Å²) in [4.78, 5) is 36.8. The van der Waals surface area contributed by atoms with E-state index >= 15 is 0 Å². The molecule has 0 heterocycles. The molecule has 5 atom stereocenters. The second-order valence-corrected chi connectivity index (χ2v) is 10.7. The molecule has 6 rings (SSSR count). The number of hydrogen-bond acceptors (Lipinski definition) is 4. The van der Waals surface area contributed by atoms with Crippen LogP contribution in [0.4, 0.5) is 4.79 Å². The standard InChI is InChI=1S/C28H30N2O5/c31-25(29-19-12-17-13-28(17,14-19)26(32)33)16-9-10-18(11-16)30-27(34)35-15-24-22-7-3-1-5-20(22)21-6-2-4-8-23(21)24/h1-8,16-19,24H,9-15H2,(H,29,31)(H,30,34)(H,32,33)/t16-,17-,18+,19+,28+/m0/s1. The van der Waals surface area contributed by atoms with E-state index in [1.165, 1.54) is 22.3 Å². The fourth-order valence-corrected chi connectivity index (χ4v) is 6.74. The van der Waals surface area contributed by atoms with E-state index in [0.717, 1.165) is 19.3 Å². The number of carboxylic acid groups (broad SMARTS) is 1. The number of ether oxygens (including phenoxy) is 1. The molecule has 0 aliphatic heterocycles. The fraction of sp³-hybridized carbons (Fsp3) is 0.464. The Kier molecular flexibility index (Phi) is 5.31. The predicted octanol–water partition coefficient (Wildman–Crippen LogP) is 4.06. The highest BCUT2D eigenvalue weighted by Gasteiger charge is 2.65. The maximum atomic E-state index is 12.8. The first kappa shape index (κ1) is 22.1. The van der Waals surface area contributed by atoms with Gasteiger partial charge in [-0.25, -0.2) is 4.79 Å². The second kappa shape index (κ2) is 8.40. The van der Waals surface area contributed by atoms with Gasteiger partial charge in [-0.2, -0.15) is 0 Å². The highest BCUT2D eigenvalue weighted by atomic mass is 16.5. The zero-order valence-electron chi connectivity index (χ0n) is 19.5. The Balaban J connectivity index is 0.992. The van der Waals surface area contributed by atoms with E-state index in [4.69, 9.17) is 4.74 Å². The quantitative estimate of drug-likeness (QED) is 0.586. The molecule has 0 bridgehead atoms. The van der Waals surface area contributed by atoms with Crippen LogP contribution >= 0.6 is 0 Å². The summed E-state index contributed by atoms with van der Waals surface area (Å²) in [5.41, 5.74) is 4.13. The van der Waals surface area contributed by atoms with Crippen LogP contribution in [-0.4, -0.2) is 41.8 Å². The van der Waals surface area contributed by atoms with Crippen molar-refractivity contribution in [1.29, 1.82) is 0 Å². The molecule has 4 aliphatic rings. The minimum absolute atomic E-state index is 0.0157. The highest BCUT2D eigenvalue weighted by Crippen LogP contribution is 2.63. The highest BCUT2D eigenvalue weighted by molar-refractivity contribution is 5.82. The number of benzene rings is 2. The van der Waals surface area contributed by atoms with Crippen molar-refractivity contribution in [2.24, 2.45) is 17.3 Å². The molecule has 2 aromatic carbocycles. The average Bonchev–Trinajstić information content (AvgIpc) is 3.17. The molecule has 7 nitrogen and oxygen atoms in total. The van der Waals surface area contributed by atoms with Crippen LogP contribution in [-0.2, 0) is 14.3 Å². The first-order chi connectivity index (χ1) is 16.9. The maximum absolute atomic E-state index is 12.8. The Morgan fingerprint density at radius 1 is 0.886 bits per heavy atom. The van der Waals surface area contributed by atoms with Gasteiger partial charge in [-0.1, -0.05) is 48.5 Å². The van der Waals surface area contributed by atoms with Gasteiger partial charge in [0.05, 0.1) is 5.41 Å². The number of nitrogens with one attached hydrogen (secondary N) is 2. The molecule has 182 valence electrons. The van der Waals surface area contributed by atoms with Crippen molar-refractivity contribution in [3.8, 4) is 11.1 Å². The third-order valence-electron chi connectivity index (χ3n) is 8.65. The van der Waals surface area contributed by atoms with Crippen molar-refractivity contribution in [1.82, 2.24) is 10.6 Å². The van der Waals surface area contributed by atoms with Crippen LogP contribution in [0.2, 0.25) is 0 Å². The minimum Gasteiger partial charge on any atom is -0.481 e. The topological polar surface area (TPSA) is 105 Å². The Bertz CT molecular complexity index is 1150. The van der Waals surface area contributed by atoms with E-state index in [1.54, 1.807) is 0 Å². The van der Waals surface area contributed by atoms with E-state index in [-0.39, 0.29) is 42.4 Å². The summed E-state index contributed by atoms with van der Waals surface area (Å²) in [6.07, 6.45) is 3.60. The summed E-state index contributed by atoms with van der Waals surface area (Å²) in [5, 5.41) is 15.5. The molecule has 0 unspecified atom stereocenters. The van der Waals surface area contributed by atoms with Gasteiger partial charge in [0.1, 0.15) is 6.61 Å². The molecular weight excluding hydrogens is 444 g/mol. The van der Waals surface area contributed by atoms with Crippen LogP contribution in [0.15, 0.2) is 48.5 Å². The molecule has 0 saturated heterocycles. The van der Waals surface area contributed by atoms with Gasteiger partial charge in [0.2, 0.25) is 5.91 Å². The lowest BCUT2D eigenvalue weighted by Gasteiger charge is -2.19. The van der Waals surface area contributed by atoms with Crippen LogP contribution in [0.5, 0.6) is 0 Å². The molecule has 2 amide bonds. The predicted molar refractivity (Wildman–Crippen MR) is 129 cm³/mol. The Morgan fingerprint density at radius 3 is 2.23 bits per heavy atom.